The highest BCUT2D eigenvalue weighted by molar-refractivity contribution is 6.32. The van der Waals surface area contributed by atoms with Crippen LogP contribution < -0.4 is 15.4 Å². The minimum atomic E-state index is -0.429. The second-order valence-electron chi connectivity index (χ2n) is 6.67. The van der Waals surface area contributed by atoms with Crippen LogP contribution in [0.4, 0.5) is 11.4 Å². The first-order valence-electron chi connectivity index (χ1n) is 8.96. The van der Waals surface area contributed by atoms with Gasteiger partial charge in [-0.3, -0.25) is 14.4 Å². The molecule has 2 aliphatic heterocycles. The van der Waals surface area contributed by atoms with Crippen molar-refractivity contribution in [2.24, 2.45) is 0 Å². The van der Waals surface area contributed by atoms with Crippen LogP contribution in [0.15, 0.2) is 42.5 Å². The Morgan fingerprint density at radius 3 is 2.89 bits per heavy atom. The molecule has 2 aliphatic rings. The Hall–Kier alpha value is -3.06. The monoisotopic (exact) mass is 399 g/mol. The highest BCUT2D eigenvalue weighted by Gasteiger charge is 2.38. The van der Waals surface area contributed by atoms with E-state index in [9.17, 15) is 14.4 Å². The van der Waals surface area contributed by atoms with Gasteiger partial charge < -0.3 is 20.3 Å². The number of rotatable bonds is 4. The van der Waals surface area contributed by atoms with Gasteiger partial charge in [0.2, 0.25) is 5.91 Å². The zero-order chi connectivity index (χ0) is 19.7. The number of amides is 3. The molecule has 144 valence electrons. The Bertz CT molecular complexity index is 962. The van der Waals surface area contributed by atoms with Crippen LogP contribution in [0, 0.1) is 0 Å². The number of carbonyl (C=O) groups is 3. The van der Waals surface area contributed by atoms with E-state index in [0.29, 0.717) is 40.7 Å². The van der Waals surface area contributed by atoms with Gasteiger partial charge in [-0.05, 0) is 43.2 Å². The quantitative estimate of drug-likeness (QED) is 0.827. The topological polar surface area (TPSA) is 87.7 Å². The van der Waals surface area contributed by atoms with Gasteiger partial charge in [-0.1, -0.05) is 23.7 Å². The Morgan fingerprint density at radius 2 is 2.07 bits per heavy atom. The molecule has 1 unspecified atom stereocenters. The van der Waals surface area contributed by atoms with E-state index in [1.807, 2.05) is 0 Å². The van der Waals surface area contributed by atoms with E-state index in [-0.39, 0.29) is 24.3 Å². The molecule has 4 rings (SSSR count). The lowest BCUT2D eigenvalue weighted by Gasteiger charge is -2.20. The number of nitrogens with zero attached hydrogens (tertiary/aromatic N) is 1. The normalized spacial score (nSPS) is 18.0. The summed E-state index contributed by atoms with van der Waals surface area (Å²) in [6.45, 7) is 0.332. The maximum Gasteiger partial charge on any atom is 0.262 e. The van der Waals surface area contributed by atoms with Crippen LogP contribution in [0.3, 0.4) is 0 Å². The van der Waals surface area contributed by atoms with Gasteiger partial charge in [0.1, 0.15) is 11.8 Å². The van der Waals surface area contributed by atoms with Crippen LogP contribution >= 0.6 is 11.6 Å². The van der Waals surface area contributed by atoms with Crippen molar-refractivity contribution in [1.29, 1.82) is 0 Å². The van der Waals surface area contributed by atoms with Gasteiger partial charge in [-0.2, -0.15) is 0 Å². The van der Waals surface area contributed by atoms with Crippen LogP contribution in [0.25, 0.3) is 0 Å². The third-order valence-electron chi connectivity index (χ3n) is 4.80. The van der Waals surface area contributed by atoms with Gasteiger partial charge in [0.15, 0.2) is 6.61 Å². The Kier molecular flexibility index (Phi) is 4.92. The number of halogens is 1. The molecule has 0 radical (unpaired) electrons. The van der Waals surface area contributed by atoms with Crippen LogP contribution in [-0.4, -0.2) is 41.8 Å². The number of hydrogen-bond donors (Lipinski definition) is 2. The second kappa shape index (κ2) is 7.52. The highest BCUT2D eigenvalue weighted by atomic mass is 35.5. The average Bonchev–Trinajstić information content (AvgIpc) is 3.15. The molecule has 2 aromatic carbocycles. The van der Waals surface area contributed by atoms with Crippen molar-refractivity contribution in [3.05, 3.63) is 53.1 Å². The van der Waals surface area contributed by atoms with Crippen molar-refractivity contribution in [1.82, 2.24) is 4.90 Å². The molecule has 8 heteroatoms. The summed E-state index contributed by atoms with van der Waals surface area (Å²) in [7, 11) is 0. The number of hydrogen-bond acceptors (Lipinski definition) is 4. The molecular formula is C20H18ClN3O4. The maximum absolute atomic E-state index is 12.8. The maximum atomic E-state index is 12.8. The van der Waals surface area contributed by atoms with Crippen molar-refractivity contribution in [2.75, 3.05) is 23.8 Å². The first-order valence-corrected chi connectivity index (χ1v) is 9.34. The molecule has 2 aromatic rings. The lowest BCUT2D eigenvalue weighted by Crippen LogP contribution is -2.40. The molecule has 2 N–H and O–H groups in total. The van der Waals surface area contributed by atoms with E-state index < -0.39 is 6.04 Å². The van der Waals surface area contributed by atoms with Crippen LogP contribution in [0.1, 0.15) is 23.2 Å². The molecule has 1 fully saturated rings. The summed E-state index contributed by atoms with van der Waals surface area (Å²) in [6, 6.07) is 11.3. The van der Waals surface area contributed by atoms with Crippen LogP contribution in [0.5, 0.6) is 5.75 Å². The Labute approximate surface area is 166 Å². The van der Waals surface area contributed by atoms with Gasteiger partial charge in [0.05, 0.1) is 16.3 Å². The summed E-state index contributed by atoms with van der Waals surface area (Å²) in [4.78, 5) is 38.9. The Morgan fingerprint density at radius 1 is 1.25 bits per heavy atom. The number of benzene rings is 2. The van der Waals surface area contributed by atoms with Crippen LogP contribution in [-0.2, 0) is 9.59 Å². The molecule has 7 nitrogen and oxygen atoms in total. The number of ether oxygens (including phenoxy) is 1. The summed E-state index contributed by atoms with van der Waals surface area (Å²) in [5, 5.41) is 5.93. The summed E-state index contributed by atoms with van der Waals surface area (Å²) >= 11 is 6.00. The van der Waals surface area contributed by atoms with Crippen molar-refractivity contribution in [3.8, 4) is 5.75 Å². The molecule has 0 spiro atoms. The molecule has 2 heterocycles. The molecule has 1 atom stereocenters. The molecule has 1 saturated heterocycles. The molecule has 0 aromatic heterocycles. The van der Waals surface area contributed by atoms with E-state index in [2.05, 4.69) is 10.6 Å². The number of para-hydroxylation sites is 1. The van der Waals surface area contributed by atoms with E-state index in [0.717, 1.165) is 6.42 Å². The first-order chi connectivity index (χ1) is 13.5. The summed E-state index contributed by atoms with van der Waals surface area (Å²) in [5.41, 5.74) is 1.27. The van der Waals surface area contributed by atoms with Crippen LogP contribution in [0.2, 0.25) is 5.02 Å². The first kappa shape index (κ1) is 18.3. The highest BCUT2D eigenvalue weighted by Crippen LogP contribution is 2.30. The number of anilines is 2. The van der Waals surface area contributed by atoms with Crippen molar-refractivity contribution < 1.29 is 19.1 Å². The minimum Gasteiger partial charge on any atom is -0.482 e. The van der Waals surface area contributed by atoms with Crippen molar-refractivity contribution in [3.63, 3.8) is 0 Å². The predicted molar refractivity (Wildman–Crippen MR) is 105 cm³/mol. The molecular weight excluding hydrogens is 382 g/mol. The van der Waals surface area contributed by atoms with E-state index in [1.165, 1.54) is 0 Å². The fourth-order valence-electron chi connectivity index (χ4n) is 3.46. The molecule has 0 saturated carbocycles. The van der Waals surface area contributed by atoms with E-state index >= 15 is 0 Å². The number of nitrogens with one attached hydrogen (secondary N) is 2. The lowest BCUT2D eigenvalue weighted by molar-refractivity contribution is -0.119. The summed E-state index contributed by atoms with van der Waals surface area (Å²) in [6.07, 6.45) is 1.46. The molecule has 0 bridgehead atoms. The zero-order valence-corrected chi connectivity index (χ0v) is 15.7. The van der Waals surface area contributed by atoms with Gasteiger partial charge in [0, 0.05) is 12.2 Å². The molecule has 0 aliphatic carbocycles. The van der Waals surface area contributed by atoms with Gasteiger partial charge in [-0.15, -0.1) is 0 Å². The van der Waals surface area contributed by atoms with E-state index in [4.69, 9.17) is 16.3 Å². The van der Waals surface area contributed by atoms with E-state index in [1.54, 1.807) is 47.4 Å². The summed E-state index contributed by atoms with van der Waals surface area (Å²) in [5.74, 6) is -0.350. The average molecular weight is 400 g/mol. The lowest BCUT2D eigenvalue weighted by atomic mass is 10.1. The molecule has 3 amide bonds. The third kappa shape index (κ3) is 3.53. The fraction of sp³-hybridized carbons (Fsp3) is 0.250. The third-order valence-corrected chi connectivity index (χ3v) is 5.12. The Balaban J connectivity index is 1.47. The standard InChI is InChI=1S/C20H18ClN3O4/c21-14-4-1-2-6-17(14)28-11-18(25)22-12-7-8-15-13(10-12)20(27)24-9-3-5-16(24)19(26)23-15/h1-2,4,6-8,10,16H,3,5,9,11H2,(H,22,25)(H,23,26). The smallest absolute Gasteiger partial charge is 0.262 e. The van der Waals surface area contributed by atoms with Gasteiger partial charge in [0.25, 0.3) is 11.8 Å². The predicted octanol–water partition coefficient (Wildman–Crippen LogP) is 2.91. The SMILES string of the molecule is O=C(COc1ccccc1Cl)Nc1ccc2c(c1)C(=O)N1CCCC1C(=O)N2. The van der Waals surface area contributed by atoms with Crippen molar-refractivity contribution in [2.45, 2.75) is 18.9 Å². The number of fused-ring (bicyclic) bond motifs is 2. The number of carbonyl (C=O) groups excluding carboxylic acids is 3. The minimum absolute atomic E-state index is 0.172. The zero-order valence-electron chi connectivity index (χ0n) is 14.9. The second-order valence-corrected chi connectivity index (χ2v) is 7.08. The fourth-order valence-corrected chi connectivity index (χ4v) is 3.65. The molecule has 28 heavy (non-hydrogen) atoms. The van der Waals surface area contributed by atoms with Crippen molar-refractivity contribution >= 4 is 40.7 Å². The summed E-state index contributed by atoms with van der Waals surface area (Å²) < 4.78 is 5.42. The van der Waals surface area contributed by atoms with Gasteiger partial charge in [-0.25, -0.2) is 0 Å². The van der Waals surface area contributed by atoms with Gasteiger partial charge >= 0.3 is 0 Å². The largest absolute Gasteiger partial charge is 0.482 e.